The van der Waals surface area contributed by atoms with Crippen molar-refractivity contribution in [2.45, 2.75) is 6.92 Å². The molecule has 1 aromatic carbocycles. The van der Waals surface area contributed by atoms with Gasteiger partial charge in [-0.2, -0.15) is 0 Å². The summed E-state index contributed by atoms with van der Waals surface area (Å²) < 4.78 is 1.79. The number of ketones is 1. The largest absolute Gasteiger partial charge is 0.307 e. The zero-order valence-electron chi connectivity index (χ0n) is 8.27. The van der Waals surface area contributed by atoms with Crippen LogP contribution in [0.5, 0.6) is 0 Å². The van der Waals surface area contributed by atoms with Crippen molar-refractivity contribution in [1.82, 2.24) is 4.57 Å². The van der Waals surface area contributed by atoms with Gasteiger partial charge in [0.1, 0.15) is 5.15 Å². The number of nitrogens with zero attached hydrogens (tertiary/aromatic N) is 1. The number of carbonyl (C=O) groups excluding carboxylic acids is 1. The van der Waals surface area contributed by atoms with E-state index in [1.807, 2.05) is 30.3 Å². The minimum absolute atomic E-state index is 0.00356. The number of carbonyl (C=O) groups is 1. The molecule has 2 aromatic rings. The van der Waals surface area contributed by atoms with Crippen LogP contribution in [-0.2, 0) is 4.79 Å². The fourth-order valence-corrected chi connectivity index (χ4v) is 1.74. The van der Waals surface area contributed by atoms with Crippen molar-refractivity contribution in [3.63, 3.8) is 0 Å². The van der Waals surface area contributed by atoms with Crippen molar-refractivity contribution in [1.29, 1.82) is 0 Å². The number of fused-ring (bicyclic) bond motifs is 1. The van der Waals surface area contributed by atoms with Crippen molar-refractivity contribution in [2.24, 2.45) is 0 Å². The van der Waals surface area contributed by atoms with Gasteiger partial charge in [-0.25, -0.2) is 0 Å². The summed E-state index contributed by atoms with van der Waals surface area (Å²) in [5.74, 6) is 0.00356. The van der Waals surface area contributed by atoms with E-state index < -0.39 is 0 Å². The first-order valence-electron chi connectivity index (χ1n) is 4.63. The molecule has 2 nitrogen and oxygen atoms in total. The van der Waals surface area contributed by atoms with Crippen LogP contribution in [0.3, 0.4) is 0 Å². The molecule has 0 spiro atoms. The maximum Gasteiger partial charge on any atom is 0.154 e. The third-order valence-electron chi connectivity index (χ3n) is 2.16. The molecule has 0 N–H and O–H groups in total. The highest BCUT2D eigenvalue weighted by molar-refractivity contribution is 6.31. The molecule has 0 aliphatic heterocycles. The molecule has 0 saturated carbocycles. The molecule has 0 fully saturated rings. The first-order chi connectivity index (χ1) is 7.18. The first kappa shape index (κ1) is 9.99. The summed E-state index contributed by atoms with van der Waals surface area (Å²) in [4.78, 5) is 10.8. The van der Waals surface area contributed by atoms with Crippen LogP contribution in [0.2, 0.25) is 5.15 Å². The standard InChI is InChI=1S/C12H10ClNO/c1-9(15)6-7-14-11-5-3-2-4-10(11)8-12(14)13/h2-8H,1H3/b7-6+. The van der Waals surface area contributed by atoms with Gasteiger partial charge in [0.25, 0.3) is 0 Å². The van der Waals surface area contributed by atoms with Crippen LogP contribution in [-0.4, -0.2) is 10.4 Å². The van der Waals surface area contributed by atoms with Crippen molar-refractivity contribution in [2.75, 3.05) is 0 Å². The zero-order valence-corrected chi connectivity index (χ0v) is 9.03. The van der Waals surface area contributed by atoms with Gasteiger partial charge in [-0.3, -0.25) is 4.79 Å². The van der Waals surface area contributed by atoms with E-state index in [0.29, 0.717) is 5.15 Å². The summed E-state index contributed by atoms with van der Waals surface area (Å²) in [5, 5.41) is 1.67. The summed E-state index contributed by atoms with van der Waals surface area (Å²) in [5.41, 5.74) is 1.00. The van der Waals surface area contributed by atoms with Crippen molar-refractivity contribution >= 4 is 34.5 Å². The Bertz CT molecular complexity index is 540. The second-order valence-electron chi connectivity index (χ2n) is 3.32. The lowest BCUT2D eigenvalue weighted by Crippen LogP contribution is -1.88. The molecular formula is C12H10ClNO. The van der Waals surface area contributed by atoms with Gasteiger partial charge in [0, 0.05) is 11.6 Å². The fourth-order valence-electron chi connectivity index (χ4n) is 1.47. The van der Waals surface area contributed by atoms with Crippen molar-refractivity contribution < 1.29 is 4.79 Å². The molecule has 0 unspecified atom stereocenters. The number of halogens is 1. The second kappa shape index (κ2) is 3.91. The lowest BCUT2D eigenvalue weighted by atomic mass is 10.2. The third-order valence-corrected chi connectivity index (χ3v) is 2.45. The number of allylic oxidation sites excluding steroid dienone is 1. The highest BCUT2D eigenvalue weighted by atomic mass is 35.5. The molecule has 15 heavy (non-hydrogen) atoms. The van der Waals surface area contributed by atoms with Crippen LogP contribution in [0.15, 0.2) is 36.4 Å². The van der Waals surface area contributed by atoms with Gasteiger partial charge in [-0.1, -0.05) is 29.8 Å². The summed E-state index contributed by atoms with van der Waals surface area (Å²) in [6.45, 7) is 1.51. The normalized spacial score (nSPS) is 11.3. The SMILES string of the molecule is CC(=O)/C=C/n1c(Cl)cc2ccccc21. The number of hydrogen-bond donors (Lipinski definition) is 0. The maximum absolute atomic E-state index is 10.8. The highest BCUT2D eigenvalue weighted by Gasteiger charge is 2.03. The van der Waals surface area contributed by atoms with E-state index in [1.165, 1.54) is 13.0 Å². The molecule has 0 aliphatic carbocycles. The Morgan fingerprint density at radius 2 is 2.13 bits per heavy atom. The predicted molar refractivity (Wildman–Crippen MR) is 63.0 cm³/mol. The smallest absolute Gasteiger partial charge is 0.154 e. The van der Waals surface area contributed by atoms with E-state index >= 15 is 0 Å². The van der Waals surface area contributed by atoms with Crippen LogP contribution in [0, 0.1) is 0 Å². The van der Waals surface area contributed by atoms with E-state index in [0.717, 1.165) is 10.9 Å². The molecule has 0 amide bonds. The third kappa shape index (κ3) is 1.95. The Morgan fingerprint density at radius 3 is 2.87 bits per heavy atom. The highest BCUT2D eigenvalue weighted by Crippen LogP contribution is 2.23. The van der Waals surface area contributed by atoms with Gasteiger partial charge in [-0.05, 0) is 25.1 Å². The molecule has 1 heterocycles. The molecule has 2 rings (SSSR count). The van der Waals surface area contributed by atoms with Crippen LogP contribution in [0.25, 0.3) is 17.1 Å². The predicted octanol–water partition coefficient (Wildman–Crippen LogP) is 3.35. The van der Waals surface area contributed by atoms with Crippen LogP contribution >= 0.6 is 11.6 Å². The quantitative estimate of drug-likeness (QED) is 0.710. The Morgan fingerprint density at radius 1 is 1.40 bits per heavy atom. The van der Waals surface area contributed by atoms with Gasteiger partial charge in [0.05, 0.1) is 5.52 Å². The number of benzene rings is 1. The number of para-hydroxylation sites is 1. The molecular weight excluding hydrogens is 210 g/mol. The topological polar surface area (TPSA) is 22.0 Å². The number of aromatic nitrogens is 1. The lowest BCUT2D eigenvalue weighted by Gasteiger charge is -1.98. The van der Waals surface area contributed by atoms with E-state index in [2.05, 4.69) is 0 Å². The number of hydrogen-bond acceptors (Lipinski definition) is 1. The van der Waals surface area contributed by atoms with Gasteiger partial charge in [0.2, 0.25) is 0 Å². The molecule has 76 valence electrons. The summed E-state index contributed by atoms with van der Waals surface area (Å²) in [6, 6.07) is 9.72. The average molecular weight is 220 g/mol. The van der Waals surface area contributed by atoms with Crippen LogP contribution in [0.4, 0.5) is 0 Å². The summed E-state index contributed by atoms with van der Waals surface area (Å²) in [7, 11) is 0. The zero-order chi connectivity index (χ0) is 10.8. The molecule has 3 heteroatoms. The second-order valence-corrected chi connectivity index (χ2v) is 3.71. The maximum atomic E-state index is 10.8. The van der Waals surface area contributed by atoms with Gasteiger partial charge < -0.3 is 4.57 Å². The lowest BCUT2D eigenvalue weighted by molar-refractivity contribution is -0.112. The summed E-state index contributed by atoms with van der Waals surface area (Å²) in [6.07, 6.45) is 3.19. The molecule has 0 bridgehead atoms. The van der Waals surface area contributed by atoms with Gasteiger partial charge in [0.15, 0.2) is 5.78 Å². The van der Waals surface area contributed by atoms with E-state index in [9.17, 15) is 4.79 Å². The Labute approximate surface area is 92.8 Å². The van der Waals surface area contributed by atoms with Crippen LogP contribution in [0.1, 0.15) is 6.92 Å². The average Bonchev–Trinajstić information content (AvgIpc) is 2.50. The molecule has 0 atom stereocenters. The number of rotatable bonds is 2. The molecule has 0 radical (unpaired) electrons. The van der Waals surface area contributed by atoms with Crippen molar-refractivity contribution in [3.05, 3.63) is 41.6 Å². The fraction of sp³-hybridized carbons (Fsp3) is 0.0833. The van der Waals surface area contributed by atoms with Crippen LogP contribution < -0.4 is 0 Å². The Balaban J connectivity index is 2.59. The van der Waals surface area contributed by atoms with E-state index in [4.69, 9.17) is 11.6 Å². The van der Waals surface area contributed by atoms with Crippen molar-refractivity contribution in [3.8, 4) is 0 Å². The minimum Gasteiger partial charge on any atom is -0.307 e. The summed E-state index contributed by atoms with van der Waals surface area (Å²) >= 11 is 6.05. The Hall–Kier alpha value is -1.54. The molecule has 1 aromatic heterocycles. The molecule has 0 aliphatic rings. The van der Waals surface area contributed by atoms with E-state index in [1.54, 1.807) is 10.8 Å². The Kier molecular flexibility index (Phi) is 2.60. The first-order valence-corrected chi connectivity index (χ1v) is 5.00. The minimum atomic E-state index is 0.00356. The van der Waals surface area contributed by atoms with E-state index in [-0.39, 0.29) is 5.78 Å². The van der Waals surface area contributed by atoms with Gasteiger partial charge in [-0.15, -0.1) is 0 Å². The van der Waals surface area contributed by atoms with Gasteiger partial charge >= 0.3 is 0 Å². The molecule has 0 saturated heterocycles. The monoisotopic (exact) mass is 219 g/mol.